The molecule has 1 fully saturated rings. The van der Waals surface area contributed by atoms with Gasteiger partial charge in [0, 0.05) is 22.6 Å². The van der Waals surface area contributed by atoms with Crippen LogP contribution in [0.15, 0.2) is 22.7 Å². The maximum absolute atomic E-state index is 13.5. The summed E-state index contributed by atoms with van der Waals surface area (Å²) in [5.41, 5.74) is 6.92. The van der Waals surface area contributed by atoms with Gasteiger partial charge in [-0.2, -0.15) is 0 Å². The minimum absolute atomic E-state index is 0.182. The van der Waals surface area contributed by atoms with Crippen LogP contribution in [0.25, 0.3) is 0 Å². The Hall–Kier alpha value is -0.450. The fourth-order valence-electron chi connectivity index (χ4n) is 2.68. The zero-order chi connectivity index (χ0) is 13.3. The second kappa shape index (κ2) is 5.27. The van der Waals surface area contributed by atoms with Gasteiger partial charge in [-0.15, -0.1) is 0 Å². The van der Waals surface area contributed by atoms with Gasteiger partial charge >= 0.3 is 0 Å². The van der Waals surface area contributed by atoms with Gasteiger partial charge in [0.05, 0.1) is 0 Å². The van der Waals surface area contributed by atoms with Crippen molar-refractivity contribution in [3.8, 4) is 0 Å². The van der Waals surface area contributed by atoms with E-state index >= 15 is 0 Å². The summed E-state index contributed by atoms with van der Waals surface area (Å²) in [7, 11) is 0. The Morgan fingerprint density at radius 2 is 2.17 bits per heavy atom. The largest absolute Gasteiger partial charge is 0.324 e. The third-order valence-electron chi connectivity index (χ3n) is 3.24. The maximum atomic E-state index is 13.5. The van der Waals surface area contributed by atoms with E-state index in [9.17, 15) is 4.39 Å². The van der Waals surface area contributed by atoms with Crippen molar-refractivity contribution in [3.63, 3.8) is 0 Å². The van der Waals surface area contributed by atoms with E-state index in [1.807, 2.05) is 19.9 Å². The summed E-state index contributed by atoms with van der Waals surface area (Å²) in [6.07, 6.45) is 2.22. The molecule has 1 saturated heterocycles. The first-order valence-electron chi connectivity index (χ1n) is 6.34. The van der Waals surface area contributed by atoms with Crippen LogP contribution in [0.3, 0.4) is 0 Å². The fraction of sp³-hybridized carbons (Fsp3) is 0.571. The van der Waals surface area contributed by atoms with Crippen molar-refractivity contribution in [2.24, 2.45) is 5.73 Å². The Morgan fingerprint density at radius 3 is 2.78 bits per heavy atom. The summed E-state index contributed by atoms with van der Waals surface area (Å²) < 4.78 is 14.3. The molecule has 18 heavy (non-hydrogen) atoms. The zero-order valence-electron chi connectivity index (χ0n) is 10.9. The summed E-state index contributed by atoms with van der Waals surface area (Å²) in [4.78, 5) is 2.36. The van der Waals surface area contributed by atoms with E-state index in [1.54, 1.807) is 6.07 Å². The van der Waals surface area contributed by atoms with Crippen LogP contribution in [0.5, 0.6) is 0 Å². The number of rotatable bonds is 3. The van der Waals surface area contributed by atoms with E-state index in [0.717, 1.165) is 36.0 Å². The van der Waals surface area contributed by atoms with E-state index in [1.165, 1.54) is 6.07 Å². The van der Waals surface area contributed by atoms with Crippen LogP contribution >= 0.6 is 15.9 Å². The molecule has 0 spiro atoms. The Balaban J connectivity index is 2.20. The molecule has 2 N–H and O–H groups in total. The molecule has 1 unspecified atom stereocenters. The maximum Gasteiger partial charge on any atom is 0.124 e. The minimum Gasteiger partial charge on any atom is -0.324 e. The van der Waals surface area contributed by atoms with Crippen LogP contribution in [0, 0.1) is 5.82 Å². The lowest BCUT2D eigenvalue weighted by molar-refractivity contribution is 0.211. The van der Waals surface area contributed by atoms with Crippen LogP contribution in [-0.4, -0.2) is 23.5 Å². The molecule has 100 valence electrons. The third-order valence-corrected chi connectivity index (χ3v) is 3.70. The predicted octanol–water partition coefficient (Wildman–Crippen LogP) is 3.46. The van der Waals surface area contributed by atoms with Gasteiger partial charge in [0.1, 0.15) is 5.82 Å². The molecule has 1 aliphatic rings. The van der Waals surface area contributed by atoms with E-state index < -0.39 is 0 Å². The van der Waals surface area contributed by atoms with Gasteiger partial charge in [0.25, 0.3) is 0 Å². The smallest absolute Gasteiger partial charge is 0.124 e. The van der Waals surface area contributed by atoms with E-state index in [4.69, 9.17) is 5.73 Å². The molecule has 0 bridgehead atoms. The lowest BCUT2D eigenvalue weighted by Gasteiger charge is -2.31. The summed E-state index contributed by atoms with van der Waals surface area (Å²) in [6.45, 7) is 5.94. The second-order valence-electron chi connectivity index (χ2n) is 5.82. The average molecular weight is 315 g/mol. The van der Waals surface area contributed by atoms with E-state index in [2.05, 4.69) is 20.8 Å². The van der Waals surface area contributed by atoms with Crippen molar-refractivity contribution >= 4 is 15.9 Å². The Bertz CT molecular complexity index is 408. The van der Waals surface area contributed by atoms with Gasteiger partial charge in [-0.25, -0.2) is 4.39 Å². The van der Waals surface area contributed by atoms with Crippen molar-refractivity contribution in [1.82, 2.24) is 4.90 Å². The van der Waals surface area contributed by atoms with Crippen LogP contribution in [0.2, 0.25) is 0 Å². The molecule has 1 atom stereocenters. The predicted molar refractivity (Wildman–Crippen MR) is 75.9 cm³/mol. The molecule has 2 rings (SSSR count). The van der Waals surface area contributed by atoms with Gasteiger partial charge in [-0.1, -0.05) is 15.9 Å². The first-order valence-corrected chi connectivity index (χ1v) is 7.13. The highest BCUT2D eigenvalue weighted by molar-refractivity contribution is 9.10. The van der Waals surface area contributed by atoms with Crippen molar-refractivity contribution in [2.45, 2.75) is 38.3 Å². The topological polar surface area (TPSA) is 29.3 Å². The van der Waals surface area contributed by atoms with Crippen LogP contribution in [0.4, 0.5) is 4.39 Å². The molecular weight excluding hydrogens is 295 g/mol. The normalized spacial score (nSPS) is 21.5. The molecule has 1 aromatic carbocycles. The lowest BCUT2D eigenvalue weighted by Crippen LogP contribution is -2.45. The summed E-state index contributed by atoms with van der Waals surface area (Å²) in [6, 6.07) is 5.43. The molecule has 4 heteroatoms. The Morgan fingerprint density at radius 1 is 1.44 bits per heavy atom. The molecule has 0 aliphatic carbocycles. The Labute approximate surface area is 116 Å². The molecule has 1 aromatic rings. The Kier molecular flexibility index (Phi) is 4.09. The average Bonchev–Trinajstić information content (AvgIpc) is 2.61. The van der Waals surface area contributed by atoms with Gasteiger partial charge in [-0.05, 0) is 57.0 Å². The van der Waals surface area contributed by atoms with E-state index in [-0.39, 0.29) is 11.4 Å². The first-order chi connectivity index (χ1) is 8.35. The second-order valence-corrected chi connectivity index (χ2v) is 6.74. The number of hydrogen-bond acceptors (Lipinski definition) is 2. The number of likely N-dealkylation sites (tertiary alicyclic amines) is 1. The molecule has 0 aromatic heterocycles. The van der Waals surface area contributed by atoms with E-state index in [0.29, 0.717) is 6.04 Å². The van der Waals surface area contributed by atoms with Gasteiger partial charge in [0.2, 0.25) is 0 Å². The molecule has 2 nitrogen and oxygen atoms in total. The third kappa shape index (κ3) is 3.53. The molecule has 0 radical (unpaired) electrons. The molecule has 1 heterocycles. The number of halogens is 2. The highest BCUT2D eigenvalue weighted by Gasteiger charge is 2.29. The monoisotopic (exact) mass is 314 g/mol. The van der Waals surface area contributed by atoms with Gasteiger partial charge in [0.15, 0.2) is 0 Å². The molecular formula is C14H20BrFN2. The highest BCUT2D eigenvalue weighted by Crippen LogP contribution is 2.34. The van der Waals surface area contributed by atoms with Crippen molar-refractivity contribution < 1.29 is 4.39 Å². The van der Waals surface area contributed by atoms with Gasteiger partial charge in [-0.3, -0.25) is 4.90 Å². The molecule has 0 amide bonds. The van der Waals surface area contributed by atoms with Crippen LogP contribution in [0.1, 0.15) is 38.3 Å². The van der Waals surface area contributed by atoms with Crippen LogP contribution in [-0.2, 0) is 0 Å². The SMILES string of the molecule is CC(C)(N)CN1CCCC1c1cc(F)cc(Br)c1. The lowest BCUT2D eigenvalue weighted by atomic mass is 10.0. The summed E-state index contributed by atoms with van der Waals surface area (Å²) >= 11 is 3.36. The fourth-order valence-corrected chi connectivity index (χ4v) is 3.17. The zero-order valence-corrected chi connectivity index (χ0v) is 12.5. The summed E-state index contributed by atoms with van der Waals surface area (Å²) in [5.74, 6) is -0.182. The number of benzene rings is 1. The van der Waals surface area contributed by atoms with Gasteiger partial charge < -0.3 is 5.73 Å². The quantitative estimate of drug-likeness (QED) is 0.925. The first kappa shape index (κ1) is 14.0. The minimum atomic E-state index is -0.215. The summed E-state index contributed by atoms with van der Waals surface area (Å²) in [5, 5.41) is 0. The van der Waals surface area contributed by atoms with Crippen molar-refractivity contribution in [2.75, 3.05) is 13.1 Å². The number of nitrogens with zero attached hydrogens (tertiary/aromatic N) is 1. The molecule has 0 saturated carbocycles. The van der Waals surface area contributed by atoms with Crippen molar-refractivity contribution in [1.29, 1.82) is 0 Å². The standard InChI is InChI=1S/C14H20BrFN2/c1-14(2,17)9-18-5-3-4-13(18)10-6-11(15)8-12(16)7-10/h6-8,13H,3-5,9,17H2,1-2H3. The van der Waals surface area contributed by atoms with Crippen LogP contribution < -0.4 is 5.73 Å². The highest BCUT2D eigenvalue weighted by atomic mass is 79.9. The van der Waals surface area contributed by atoms with Crippen molar-refractivity contribution in [3.05, 3.63) is 34.1 Å². The molecule has 1 aliphatic heterocycles. The number of hydrogen-bond donors (Lipinski definition) is 1. The number of nitrogens with two attached hydrogens (primary N) is 1.